The third kappa shape index (κ3) is 7.15. The van der Waals surface area contributed by atoms with Crippen LogP contribution >= 0.6 is 0 Å². The van der Waals surface area contributed by atoms with E-state index >= 15 is 0 Å². The Balaban J connectivity index is 1.99. The lowest BCUT2D eigenvalue weighted by Crippen LogP contribution is -2.44. The number of alkyl carbamates (subject to hydrolysis) is 1. The Bertz CT molecular complexity index is 780. The van der Waals surface area contributed by atoms with Gasteiger partial charge >= 0.3 is 12.1 Å². The average Bonchev–Trinajstić information content (AvgIpc) is 2.66. The van der Waals surface area contributed by atoms with Gasteiger partial charge in [-0.05, 0) is 23.3 Å². The molecule has 0 saturated heterocycles. The zero-order valence-corrected chi connectivity index (χ0v) is 14.4. The molecule has 7 nitrogen and oxygen atoms in total. The van der Waals surface area contributed by atoms with Gasteiger partial charge in [-0.3, -0.25) is 4.79 Å². The van der Waals surface area contributed by atoms with Crippen molar-refractivity contribution in [1.29, 1.82) is 0 Å². The number of esters is 1. The summed E-state index contributed by atoms with van der Waals surface area (Å²) in [5.41, 5.74) is 6.31. The van der Waals surface area contributed by atoms with Gasteiger partial charge < -0.3 is 20.5 Å². The van der Waals surface area contributed by atoms with Crippen LogP contribution in [-0.2, 0) is 32.1 Å². The van der Waals surface area contributed by atoms with Crippen molar-refractivity contribution in [3.8, 4) is 0 Å². The van der Waals surface area contributed by atoms with Gasteiger partial charge in [-0.25, -0.2) is 14.0 Å². The van der Waals surface area contributed by atoms with E-state index in [1.165, 1.54) is 24.3 Å². The molecule has 1 atom stereocenters. The summed E-state index contributed by atoms with van der Waals surface area (Å²) in [4.78, 5) is 35.0. The molecule has 0 bridgehead atoms. The summed E-state index contributed by atoms with van der Waals surface area (Å²) in [6.07, 6.45) is -0.805. The van der Waals surface area contributed by atoms with Crippen LogP contribution in [0, 0.1) is 5.82 Å². The molecule has 2 amide bonds. The molecule has 8 heteroatoms. The normalized spacial score (nSPS) is 11.3. The number of nitrogens with one attached hydrogen (secondary N) is 1. The summed E-state index contributed by atoms with van der Waals surface area (Å²) < 4.78 is 22.9. The molecule has 2 aromatic rings. The maximum atomic E-state index is 13.0. The van der Waals surface area contributed by atoms with Gasteiger partial charge in [0.2, 0.25) is 0 Å². The van der Waals surface area contributed by atoms with Crippen molar-refractivity contribution in [1.82, 2.24) is 5.32 Å². The Morgan fingerprint density at radius 1 is 0.963 bits per heavy atom. The highest BCUT2D eigenvalue weighted by molar-refractivity contribution is 5.84. The van der Waals surface area contributed by atoms with E-state index in [-0.39, 0.29) is 13.0 Å². The molecule has 2 rings (SSSR count). The first-order chi connectivity index (χ1) is 12.9. The van der Waals surface area contributed by atoms with Crippen LogP contribution in [0.2, 0.25) is 0 Å². The van der Waals surface area contributed by atoms with Crippen LogP contribution in [0.4, 0.5) is 9.18 Å². The smallest absolute Gasteiger partial charge is 0.408 e. The van der Waals surface area contributed by atoms with E-state index in [9.17, 15) is 18.8 Å². The van der Waals surface area contributed by atoms with E-state index < -0.39 is 36.4 Å². The zero-order valence-electron chi connectivity index (χ0n) is 14.4. The summed E-state index contributed by atoms with van der Waals surface area (Å²) in [6, 6.07) is 13.3. The minimum atomic E-state index is -1.13. The second-order valence-corrected chi connectivity index (χ2v) is 5.66. The predicted molar refractivity (Wildman–Crippen MR) is 93.8 cm³/mol. The molecular weight excluding hydrogens is 355 g/mol. The first-order valence-electron chi connectivity index (χ1n) is 8.10. The van der Waals surface area contributed by atoms with Crippen molar-refractivity contribution in [2.24, 2.45) is 5.73 Å². The lowest BCUT2D eigenvalue weighted by molar-refractivity contribution is -0.149. The van der Waals surface area contributed by atoms with Crippen molar-refractivity contribution in [3.63, 3.8) is 0 Å². The molecule has 0 aliphatic heterocycles. The summed E-state index contributed by atoms with van der Waals surface area (Å²) >= 11 is 0. The number of rotatable bonds is 8. The second-order valence-electron chi connectivity index (χ2n) is 5.66. The largest absolute Gasteiger partial charge is 0.454 e. The minimum absolute atomic E-state index is 0.0201. The number of benzene rings is 2. The third-order valence-electron chi connectivity index (χ3n) is 3.50. The van der Waals surface area contributed by atoms with E-state index in [4.69, 9.17) is 15.2 Å². The number of primary amides is 1. The van der Waals surface area contributed by atoms with Crippen molar-refractivity contribution < 1.29 is 28.2 Å². The molecule has 27 heavy (non-hydrogen) atoms. The Labute approximate surface area is 155 Å². The third-order valence-corrected chi connectivity index (χ3v) is 3.50. The van der Waals surface area contributed by atoms with Gasteiger partial charge in [0.05, 0.1) is 0 Å². The van der Waals surface area contributed by atoms with E-state index in [1.807, 2.05) is 6.07 Å². The standard InChI is InChI=1S/C19H19FN2O5/c20-15-8-6-13(7-9-15)10-16(18(24)26-12-17(21)23)22-19(25)27-11-14-4-2-1-3-5-14/h1-9,16H,10-12H2,(H2,21,23)(H,22,25)/t16-/m1/s1. The number of carbonyl (C=O) groups excluding carboxylic acids is 3. The molecule has 3 N–H and O–H groups in total. The summed E-state index contributed by atoms with van der Waals surface area (Å²) in [7, 11) is 0. The van der Waals surface area contributed by atoms with Crippen LogP contribution in [0.3, 0.4) is 0 Å². The molecule has 0 spiro atoms. The summed E-state index contributed by atoms with van der Waals surface area (Å²) in [5, 5.41) is 2.39. The molecule has 2 aromatic carbocycles. The van der Waals surface area contributed by atoms with Crippen molar-refractivity contribution >= 4 is 18.0 Å². The van der Waals surface area contributed by atoms with Crippen LogP contribution in [0.5, 0.6) is 0 Å². The SMILES string of the molecule is NC(=O)COC(=O)[C@@H](Cc1ccc(F)cc1)NC(=O)OCc1ccccc1. The fourth-order valence-corrected chi connectivity index (χ4v) is 2.20. The van der Waals surface area contributed by atoms with Gasteiger partial charge in [-0.15, -0.1) is 0 Å². The van der Waals surface area contributed by atoms with Gasteiger partial charge in [0.25, 0.3) is 5.91 Å². The van der Waals surface area contributed by atoms with Gasteiger partial charge in [0.1, 0.15) is 18.5 Å². The first-order valence-corrected chi connectivity index (χ1v) is 8.10. The van der Waals surface area contributed by atoms with E-state index in [0.717, 1.165) is 5.56 Å². The van der Waals surface area contributed by atoms with Crippen molar-refractivity contribution in [3.05, 3.63) is 71.5 Å². The predicted octanol–water partition coefficient (Wildman–Crippen LogP) is 1.69. The molecular formula is C19H19FN2O5. The highest BCUT2D eigenvalue weighted by Crippen LogP contribution is 2.08. The van der Waals surface area contributed by atoms with Crippen molar-refractivity contribution in [2.75, 3.05) is 6.61 Å². The fourth-order valence-electron chi connectivity index (χ4n) is 2.20. The average molecular weight is 374 g/mol. The zero-order chi connectivity index (χ0) is 19.6. The summed E-state index contributed by atoms with van der Waals surface area (Å²) in [5.74, 6) is -2.10. The maximum absolute atomic E-state index is 13.0. The number of halogens is 1. The lowest BCUT2D eigenvalue weighted by atomic mass is 10.1. The van der Waals surface area contributed by atoms with Crippen LogP contribution < -0.4 is 11.1 Å². The fraction of sp³-hybridized carbons (Fsp3) is 0.211. The first kappa shape index (κ1) is 19.9. The number of carbonyl (C=O) groups is 3. The molecule has 0 radical (unpaired) electrons. The molecule has 0 aromatic heterocycles. The molecule has 0 unspecified atom stereocenters. The molecule has 0 fully saturated rings. The second kappa shape index (κ2) is 9.91. The number of hydrogen-bond acceptors (Lipinski definition) is 5. The maximum Gasteiger partial charge on any atom is 0.408 e. The van der Waals surface area contributed by atoms with Crippen LogP contribution in [0.15, 0.2) is 54.6 Å². The Morgan fingerprint density at radius 3 is 2.26 bits per heavy atom. The molecule has 0 heterocycles. The highest BCUT2D eigenvalue weighted by Gasteiger charge is 2.24. The van der Waals surface area contributed by atoms with Gasteiger partial charge in [0.15, 0.2) is 6.61 Å². The number of nitrogens with two attached hydrogens (primary N) is 1. The van der Waals surface area contributed by atoms with E-state index in [1.54, 1.807) is 24.3 Å². The van der Waals surface area contributed by atoms with Crippen molar-refractivity contribution in [2.45, 2.75) is 19.1 Å². The Morgan fingerprint density at radius 2 is 1.63 bits per heavy atom. The van der Waals surface area contributed by atoms with Crippen LogP contribution in [0.25, 0.3) is 0 Å². The lowest BCUT2D eigenvalue weighted by Gasteiger charge is -2.17. The van der Waals surface area contributed by atoms with Crippen LogP contribution in [-0.4, -0.2) is 30.6 Å². The molecule has 142 valence electrons. The molecule has 0 aliphatic rings. The van der Waals surface area contributed by atoms with Gasteiger partial charge in [0, 0.05) is 6.42 Å². The minimum Gasteiger partial charge on any atom is -0.454 e. The van der Waals surface area contributed by atoms with Crippen LogP contribution in [0.1, 0.15) is 11.1 Å². The number of amides is 2. The molecule has 0 aliphatic carbocycles. The molecule has 0 saturated carbocycles. The van der Waals surface area contributed by atoms with E-state index in [0.29, 0.717) is 5.56 Å². The van der Waals surface area contributed by atoms with E-state index in [2.05, 4.69) is 5.32 Å². The monoisotopic (exact) mass is 374 g/mol. The number of ether oxygens (including phenoxy) is 2. The van der Waals surface area contributed by atoms with Gasteiger partial charge in [-0.2, -0.15) is 0 Å². The number of hydrogen-bond donors (Lipinski definition) is 2. The summed E-state index contributed by atoms with van der Waals surface area (Å²) in [6.45, 7) is -0.591. The Hall–Kier alpha value is -3.42. The Kier molecular flexibility index (Phi) is 7.30. The quantitative estimate of drug-likeness (QED) is 0.684. The van der Waals surface area contributed by atoms with Gasteiger partial charge in [-0.1, -0.05) is 42.5 Å². The highest BCUT2D eigenvalue weighted by atomic mass is 19.1. The topological polar surface area (TPSA) is 108 Å².